The van der Waals surface area contributed by atoms with Gasteiger partial charge in [0.15, 0.2) is 17.3 Å². The summed E-state index contributed by atoms with van der Waals surface area (Å²) in [6, 6.07) is 27.4. The maximum atomic E-state index is 8.79. The Labute approximate surface area is 247 Å². The Balaban J connectivity index is 1.40. The van der Waals surface area contributed by atoms with Crippen LogP contribution in [-0.2, 0) is 6.42 Å². The minimum atomic E-state index is 0.158. The Morgan fingerprint density at radius 3 is 2.42 bits per heavy atom. The smallest absolute Gasteiger partial charge is 0.163 e. The molecule has 0 aliphatic heterocycles. The number of fused-ring (bicyclic) bond motifs is 7. The van der Waals surface area contributed by atoms with Gasteiger partial charge in [0.1, 0.15) is 5.52 Å². The lowest BCUT2D eigenvalue weighted by atomic mass is 10.0. The lowest BCUT2D eigenvalue weighted by Gasteiger charge is -2.14. The van der Waals surface area contributed by atoms with Crippen molar-refractivity contribution in [2.45, 2.75) is 12.8 Å². The van der Waals surface area contributed by atoms with Gasteiger partial charge in [0.05, 0.1) is 28.3 Å². The molecule has 8 nitrogen and oxygen atoms in total. The first-order chi connectivity index (χ1) is 21.3. The zero-order valence-electron chi connectivity index (χ0n) is 23.1. The van der Waals surface area contributed by atoms with E-state index in [0.29, 0.717) is 5.84 Å². The van der Waals surface area contributed by atoms with Crippen LogP contribution in [0.5, 0.6) is 0 Å². The van der Waals surface area contributed by atoms with Crippen LogP contribution in [0.1, 0.15) is 28.8 Å². The maximum absolute atomic E-state index is 8.79. The third kappa shape index (κ3) is 4.11. The number of nitrogens with zero attached hydrogens (tertiary/aromatic N) is 6. The van der Waals surface area contributed by atoms with Crippen LogP contribution in [0.25, 0.3) is 44.7 Å². The van der Waals surface area contributed by atoms with Crippen molar-refractivity contribution in [2.24, 2.45) is 4.99 Å². The lowest BCUT2D eigenvalue weighted by molar-refractivity contribution is 0.965. The zero-order chi connectivity index (χ0) is 28.8. The van der Waals surface area contributed by atoms with Gasteiger partial charge in [-0.3, -0.25) is 20.8 Å². The molecular formula is C35H26N8. The molecule has 206 valence electrons. The number of aryl methyl sites for hydroxylation is 1. The highest BCUT2D eigenvalue weighted by atomic mass is 15.4. The SMILES string of the molecule is N=C(N=C(Nn1c2cccnc2c2c3c(cnc21)c1c(n3-c2cccnc2)C=CCC1)c1ccccc1)c1ccccc1. The van der Waals surface area contributed by atoms with Crippen molar-refractivity contribution in [3.05, 3.63) is 138 Å². The summed E-state index contributed by atoms with van der Waals surface area (Å²) in [6.45, 7) is 0. The van der Waals surface area contributed by atoms with Crippen LogP contribution in [0.4, 0.5) is 0 Å². The molecule has 1 aliphatic rings. The minimum Gasteiger partial charge on any atom is -0.307 e. The fraction of sp³-hybridized carbons (Fsp3) is 0.0571. The predicted octanol–water partition coefficient (Wildman–Crippen LogP) is 6.90. The number of hydrogen-bond acceptors (Lipinski definition) is 4. The molecule has 0 radical (unpaired) electrons. The highest BCUT2D eigenvalue weighted by molar-refractivity contribution is 6.20. The molecule has 43 heavy (non-hydrogen) atoms. The van der Waals surface area contributed by atoms with E-state index in [1.807, 2.05) is 102 Å². The van der Waals surface area contributed by atoms with Gasteiger partial charge in [-0.05, 0) is 48.7 Å². The van der Waals surface area contributed by atoms with Crippen LogP contribution < -0.4 is 5.43 Å². The molecule has 8 rings (SSSR count). The summed E-state index contributed by atoms with van der Waals surface area (Å²) < 4.78 is 4.23. The number of rotatable bonds is 4. The molecule has 2 N–H and O–H groups in total. The van der Waals surface area contributed by atoms with Gasteiger partial charge in [0.25, 0.3) is 0 Å². The summed E-state index contributed by atoms with van der Waals surface area (Å²) in [6.07, 6.45) is 13.9. The van der Waals surface area contributed by atoms with E-state index in [4.69, 9.17) is 20.4 Å². The monoisotopic (exact) mass is 558 g/mol. The Kier molecular flexibility index (Phi) is 5.89. The van der Waals surface area contributed by atoms with E-state index in [1.165, 1.54) is 5.56 Å². The first-order valence-electron chi connectivity index (χ1n) is 14.2. The van der Waals surface area contributed by atoms with E-state index in [2.05, 4.69) is 33.2 Å². The van der Waals surface area contributed by atoms with Crippen LogP contribution in [0, 0.1) is 5.41 Å². The van der Waals surface area contributed by atoms with Gasteiger partial charge in [-0.2, -0.15) is 0 Å². The van der Waals surface area contributed by atoms with E-state index >= 15 is 0 Å². The van der Waals surface area contributed by atoms with Crippen LogP contribution in [0.3, 0.4) is 0 Å². The van der Waals surface area contributed by atoms with Crippen LogP contribution >= 0.6 is 0 Å². The van der Waals surface area contributed by atoms with Crippen molar-refractivity contribution in [3.63, 3.8) is 0 Å². The first kappa shape index (κ1) is 24.9. The summed E-state index contributed by atoms with van der Waals surface area (Å²) in [5, 5.41) is 10.8. The van der Waals surface area contributed by atoms with E-state index in [-0.39, 0.29) is 5.84 Å². The van der Waals surface area contributed by atoms with Crippen LogP contribution in [0.2, 0.25) is 0 Å². The number of aromatic nitrogens is 5. The third-order valence-corrected chi connectivity index (χ3v) is 7.88. The number of benzene rings is 2. The van der Waals surface area contributed by atoms with Gasteiger partial charge in [-0.15, -0.1) is 0 Å². The summed E-state index contributed by atoms with van der Waals surface area (Å²) in [7, 11) is 0. The Hall–Kier alpha value is -5.89. The molecule has 7 aromatic rings. The summed E-state index contributed by atoms with van der Waals surface area (Å²) in [5.74, 6) is 0.690. The highest BCUT2D eigenvalue weighted by Crippen LogP contribution is 2.39. The second-order valence-corrected chi connectivity index (χ2v) is 10.4. The minimum absolute atomic E-state index is 0.158. The normalized spacial score (nSPS) is 13.1. The average molecular weight is 559 g/mol. The van der Waals surface area contributed by atoms with Crippen molar-refractivity contribution in [1.82, 2.24) is 24.2 Å². The molecule has 5 aromatic heterocycles. The Bertz CT molecular complexity index is 2210. The number of hydrogen-bond donors (Lipinski definition) is 2. The fourth-order valence-corrected chi connectivity index (χ4v) is 5.97. The molecule has 0 amide bonds. The molecule has 8 heteroatoms. The van der Waals surface area contributed by atoms with Gasteiger partial charge in [0.2, 0.25) is 0 Å². The van der Waals surface area contributed by atoms with Gasteiger partial charge < -0.3 is 4.57 Å². The predicted molar refractivity (Wildman–Crippen MR) is 173 cm³/mol. The summed E-state index contributed by atoms with van der Waals surface area (Å²) >= 11 is 0. The molecule has 0 fully saturated rings. The standard InChI is InChI=1S/C35H26N8/c36-33(23-11-3-1-4-12-23)40-34(24-13-5-2-6-14-24)41-43-29-18-10-20-38-31(29)30-32-27(22-39-35(30)43)26-16-7-8-17-28(26)42(32)25-15-9-19-37-21-25/h1-6,8-15,17-22H,7,16H2,(H2,36,40,41). The van der Waals surface area contributed by atoms with Crippen molar-refractivity contribution in [3.8, 4) is 5.69 Å². The average Bonchev–Trinajstić information content (AvgIpc) is 3.58. The van der Waals surface area contributed by atoms with Crippen molar-refractivity contribution < 1.29 is 0 Å². The van der Waals surface area contributed by atoms with Crippen LogP contribution in [0.15, 0.2) is 121 Å². The zero-order valence-corrected chi connectivity index (χ0v) is 23.1. The van der Waals surface area contributed by atoms with Gasteiger partial charge in [-0.25, -0.2) is 14.7 Å². The second kappa shape index (κ2) is 10.2. The van der Waals surface area contributed by atoms with Gasteiger partial charge in [0, 0.05) is 40.8 Å². The van der Waals surface area contributed by atoms with Gasteiger partial charge in [-0.1, -0.05) is 66.7 Å². The van der Waals surface area contributed by atoms with Crippen LogP contribution in [-0.4, -0.2) is 35.9 Å². The maximum Gasteiger partial charge on any atom is 0.163 e. The summed E-state index contributed by atoms with van der Waals surface area (Å²) in [4.78, 5) is 19.1. The number of nitrogens with one attached hydrogen (secondary N) is 2. The second-order valence-electron chi connectivity index (χ2n) is 10.4. The van der Waals surface area contributed by atoms with Crippen molar-refractivity contribution in [1.29, 1.82) is 5.41 Å². The number of allylic oxidation sites excluding steroid dienone is 1. The molecule has 0 saturated heterocycles. The molecule has 0 bridgehead atoms. The Morgan fingerprint density at radius 2 is 1.63 bits per heavy atom. The lowest BCUT2D eigenvalue weighted by Crippen LogP contribution is -2.25. The molecule has 5 heterocycles. The third-order valence-electron chi connectivity index (χ3n) is 7.88. The number of amidine groups is 2. The Morgan fingerprint density at radius 1 is 0.837 bits per heavy atom. The molecule has 2 aromatic carbocycles. The van der Waals surface area contributed by atoms with Crippen molar-refractivity contribution in [2.75, 3.05) is 5.43 Å². The molecule has 0 saturated carbocycles. The quantitative estimate of drug-likeness (QED) is 0.181. The fourth-order valence-electron chi connectivity index (χ4n) is 5.97. The van der Waals surface area contributed by atoms with Gasteiger partial charge >= 0.3 is 0 Å². The van der Waals surface area contributed by atoms with Crippen molar-refractivity contribution >= 4 is 50.7 Å². The molecule has 0 unspecified atom stereocenters. The largest absolute Gasteiger partial charge is 0.307 e. The van der Waals surface area contributed by atoms with E-state index in [9.17, 15) is 0 Å². The van der Waals surface area contributed by atoms with E-state index in [1.54, 1.807) is 6.20 Å². The number of aliphatic imine (C=N–C) groups is 1. The molecule has 0 atom stereocenters. The summed E-state index contributed by atoms with van der Waals surface area (Å²) in [5.41, 5.74) is 12.0. The molecule has 0 spiro atoms. The highest BCUT2D eigenvalue weighted by Gasteiger charge is 2.25. The topological polar surface area (TPSA) is 96.8 Å². The van der Waals surface area contributed by atoms with E-state index in [0.717, 1.165) is 68.3 Å². The van der Waals surface area contributed by atoms with E-state index < -0.39 is 0 Å². The molecular weight excluding hydrogens is 532 g/mol. The first-order valence-corrected chi connectivity index (χ1v) is 14.2. The molecule has 1 aliphatic carbocycles. The number of pyridine rings is 3.